The average Bonchev–Trinajstić information content (AvgIpc) is 2.40. The average molecular weight is 333 g/mol. The van der Waals surface area contributed by atoms with Crippen LogP contribution >= 0.6 is 11.6 Å². The number of carbonyl (C=O) groups excluding carboxylic acids is 1. The van der Waals surface area contributed by atoms with Crippen molar-refractivity contribution >= 4 is 23.2 Å². The topological polar surface area (TPSA) is 42.0 Å². The van der Waals surface area contributed by atoms with Crippen molar-refractivity contribution in [1.82, 2.24) is 4.98 Å². The number of aromatic nitrogens is 1. The van der Waals surface area contributed by atoms with E-state index in [1.54, 1.807) is 0 Å². The van der Waals surface area contributed by atoms with Gasteiger partial charge in [0, 0.05) is 0 Å². The second-order valence-electron chi connectivity index (χ2n) is 4.41. The van der Waals surface area contributed by atoms with Crippen molar-refractivity contribution in [2.45, 2.75) is 13.1 Å². The number of hydrogen-bond acceptors (Lipinski definition) is 2. The van der Waals surface area contributed by atoms with E-state index in [0.717, 1.165) is 18.2 Å². The molecule has 0 saturated heterocycles. The highest BCUT2D eigenvalue weighted by Crippen LogP contribution is 2.28. The van der Waals surface area contributed by atoms with E-state index in [0.29, 0.717) is 6.07 Å². The number of anilines is 1. The maximum Gasteiger partial charge on any atom is 0.433 e. The van der Waals surface area contributed by atoms with Gasteiger partial charge in [-0.3, -0.25) is 4.79 Å². The predicted octanol–water partition coefficient (Wildman–Crippen LogP) is 4.45. The van der Waals surface area contributed by atoms with Gasteiger partial charge in [-0.1, -0.05) is 11.6 Å². The predicted molar refractivity (Wildman–Crippen MR) is 73.3 cm³/mol. The largest absolute Gasteiger partial charge is 0.433 e. The van der Waals surface area contributed by atoms with Gasteiger partial charge in [0.1, 0.15) is 11.5 Å². The summed E-state index contributed by atoms with van der Waals surface area (Å²) in [4.78, 5) is 15.4. The van der Waals surface area contributed by atoms with Gasteiger partial charge < -0.3 is 5.32 Å². The van der Waals surface area contributed by atoms with Crippen LogP contribution in [0, 0.1) is 12.7 Å². The molecule has 0 aliphatic heterocycles. The molecule has 1 aromatic heterocycles. The first-order chi connectivity index (χ1) is 10.2. The molecule has 0 aliphatic rings. The first kappa shape index (κ1) is 16.2. The van der Waals surface area contributed by atoms with Gasteiger partial charge in [-0.15, -0.1) is 0 Å². The van der Waals surface area contributed by atoms with E-state index < -0.39 is 23.6 Å². The Labute approximate surface area is 127 Å². The number of benzene rings is 1. The summed E-state index contributed by atoms with van der Waals surface area (Å²) in [6.45, 7) is 1.29. The first-order valence-corrected chi connectivity index (χ1v) is 6.37. The Balaban J connectivity index is 2.26. The minimum absolute atomic E-state index is 0.0223. The van der Waals surface area contributed by atoms with Crippen LogP contribution in [0.15, 0.2) is 30.3 Å². The minimum Gasteiger partial charge on any atom is -0.321 e. The summed E-state index contributed by atoms with van der Waals surface area (Å²) in [5, 5.41) is 2.37. The van der Waals surface area contributed by atoms with Gasteiger partial charge in [0.25, 0.3) is 5.91 Å². The third kappa shape index (κ3) is 3.54. The van der Waals surface area contributed by atoms with Crippen LogP contribution in [0.4, 0.5) is 23.2 Å². The SMILES string of the molecule is Cc1nc(C(F)(F)F)ccc1C(=O)Nc1ccc(F)cc1Cl. The van der Waals surface area contributed by atoms with Crippen LogP contribution in [-0.4, -0.2) is 10.9 Å². The molecular weight excluding hydrogens is 324 g/mol. The summed E-state index contributed by atoms with van der Waals surface area (Å²) < 4.78 is 50.5. The normalized spacial score (nSPS) is 11.4. The summed E-state index contributed by atoms with van der Waals surface area (Å²) in [6, 6.07) is 5.10. The highest BCUT2D eigenvalue weighted by atomic mass is 35.5. The van der Waals surface area contributed by atoms with Crippen LogP contribution in [-0.2, 0) is 6.18 Å². The molecule has 0 saturated carbocycles. The van der Waals surface area contributed by atoms with Gasteiger partial charge in [0.15, 0.2) is 0 Å². The molecule has 0 bridgehead atoms. The highest BCUT2D eigenvalue weighted by molar-refractivity contribution is 6.33. The fourth-order valence-corrected chi connectivity index (χ4v) is 1.95. The fraction of sp³-hybridized carbons (Fsp3) is 0.143. The van der Waals surface area contributed by atoms with Crippen molar-refractivity contribution in [1.29, 1.82) is 0 Å². The Bertz CT molecular complexity index is 731. The van der Waals surface area contributed by atoms with E-state index >= 15 is 0 Å². The lowest BCUT2D eigenvalue weighted by Crippen LogP contribution is -2.16. The van der Waals surface area contributed by atoms with Crippen LogP contribution < -0.4 is 5.32 Å². The molecule has 0 atom stereocenters. The molecular formula is C14H9ClF4N2O. The second-order valence-corrected chi connectivity index (χ2v) is 4.81. The molecule has 0 fully saturated rings. The van der Waals surface area contributed by atoms with Gasteiger partial charge in [-0.25, -0.2) is 9.37 Å². The molecule has 3 nitrogen and oxygen atoms in total. The molecule has 22 heavy (non-hydrogen) atoms. The van der Waals surface area contributed by atoms with Crippen molar-refractivity contribution < 1.29 is 22.4 Å². The number of nitrogens with zero attached hydrogens (tertiary/aromatic N) is 1. The van der Waals surface area contributed by atoms with Crippen molar-refractivity contribution in [3.8, 4) is 0 Å². The van der Waals surface area contributed by atoms with Crippen LogP contribution in [0.25, 0.3) is 0 Å². The zero-order valence-corrected chi connectivity index (χ0v) is 11.9. The highest BCUT2D eigenvalue weighted by Gasteiger charge is 2.33. The number of alkyl halides is 3. The Hall–Kier alpha value is -2.15. The van der Waals surface area contributed by atoms with E-state index in [2.05, 4.69) is 10.3 Å². The Morgan fingerprint density at radius 1 is 1.23 bits per heavy atom. The molecule has 0 unspecified atom stereocenters. The number of pyridine rings is 1. The number of halogens is 5. The summed E-state index contributed by atoms with van der Waals surface area (Å²) in [5.74, 6) is -1.26. The van der Waals surface area contributed by atoms with E-state index in [4.69, 9.17) is 11.6 Å². The number of rotatable bonds is 2. The first-order valence-electron chi connectivity index (χ1n) is 5.99. The van der Waals surface area contributed by atoms with E-state index in [-0.39, 0.29) is 22.0 Å². The van der Waals surface area contributed by atoms with Crippen LogP contribution in [0.5, 0.6) is 0 Å². The van der Waals surface area contributed by atoms with Gasteiger partial charge in [-0.05, 0) is 37.3 Å². The molecule has 1 aromatic carbocycles. The summed E-state index contributed by atoms with van der Waals surface area (Å²) in [5.41, 5.74) is -1.05. The van der Waals surface area contributed by atoms with Crippen LogP contribution in [0.2, 0.25) is 5.02 Å². The summed E-state index contributed by atoms with van der Waals surface area (Å²) in [7, 11) is 0. The molecule has 0 radical (unpaired) electrons. The number of nitrogens with one attached hydrogen (secondary N) is 1. The van der Waals surface area contributed by atoms with Crippen LogP contribution in [0.1, 0.15) is 21.7 Å². The maximum absolute atomic E-state index is 12.9. The van der Waals surface area contributed by atoms with E-state index in [9.17, 15) is 22.4 Å². The van der Waals surface area contributed by atoms with Gasteiger partial charge in [0.05, 0.1) is 22.0 Å². The number of carbonyl (C=O) groups is 1. The van der Waals surface area contributed by atoms with E-state index in [1.165, 1.54) is 13.0 Å². The molecule has 1 amide bonds. The molecule has 0 aliphatic carbocycles. The summed E-state index contributed by atoms with van der Waals surface area (Å²) in [6.07, 6.45) is -4.58. The lowest BCUT2D eigenvalue weighted by atomic mass is 10.1. The third-order valence-corrected chi connectivity index (χ3v) is 3.11. The van der Waals surface area contributed by atoms with Gasteiger partial charge >= 0.3 is 6.18 Å². The molecule has 116 valence electrons. The van der Waals surface area contributed by atoms with Gasteiger partial charge in [0.2, 0.25) is 0 Å². The quantitative estimate of drug-likeness (QED) is 0.825. The Kier molecular flexibility index (Phi) is 4.37. The lowest BCUT2D eigenvalue weighted by molar-refractivity contribution is -0.141. The van der Waals surface area contributed by atoms with Crippen LogP contribution in [0.3, 0.4) is 0 Å². The molecule has 2 aromatic rings. The lowest BCUT2D eigenvalue weighted by Gasteiger charge is -2.11. The minimum atomic E-state index is -4.58. The van der Waals surface area contributed by atoms with Crippen molar-refractivity contribution in [2.24, 2.45) is 0 Å². The molecule has 1 N–H and O–H groups in total. The standard InChI is InChI=1S/C14H9ClF4N2O/c1-7-9(3-5-12(20-7)14(17,18)19)13(22)21-11-4-2-8(16)6-10(11)15/h2-6H,1H3,(H,21,22). The second kappa shape index (κ2) is 5.92. The zero-order chi connectivity index (χ0) is 16.5. The smallest absolute Gasteiger partial charge is 0.321 e. The molecule has 0 spiro atoms. The Morgan fingerprint density at radius 3 is 2.45 bits per heavy atom. The number of hydrogen-bond donors (Lipinski definition) is 1. The number of aryl methyl sites for hydroxylation is 1. The fourth-order valence-electron chi connectivity index (χ4n) is 1.74. The molecule has 1 heterocycles. The summed E-state index contributed by atoms with van der Waals surface area (Å²) >= 11 is 5.77. The van der Waals surface area contributed by atoms with Crippen molar-refractivity contribution in [2.75, 3.05) is 5.32 Å². The van der Waals surface area contributed by atoms with Crippen molar-refractivity contribution in [3.63, 3.8) is 0 Å². The van der Waals surface area contributed by atoms with E-state index in [1.807, 2.05) is 0 Å². The monoisotopic (exact) mass is 332 g/mol. The molecule has 8 heteroatoms. The zero-order valence-electron chi connectivity index (χ0n) is 11.1. The maximum atomic E-state index is 12.9. The van der Waals surface area contributed by atoms with Gasteiger partial charge in [-0.2, -0.15) is 13.2 Å². The van der Waals surface area contributed by atoms with Crippen molar-refractivity contribution in [3.05, 3.63) is 58.1 Å². The Morgan fingerprint density at radius 2 is 1.91 bits per heavy atom. The third-order valence-electron chi connectivity index (χ3n) is 2.80. The molecule has 2 rings (SSSR count). The number of amides is 1.